The number of hydrogen-bond acceptors (Lipinski definition) is 3. The van der Waals surface area contributed by atoms with Gasteiger partial charge in [0.2, 0.25) is 5.91 Å². The van der Waals surface area contributed by atoms with Crippen molar-refractivity contribution in [3.63, 3.8) is 0 Å². The number of unbranched alkanes of at least 4 members (excludes halogenated alkanes) is 1. The van der Waals surface area contributed by atoms with E-state index in [0.717, 1.165) is 32.1 Å². The molecule has 0 saturated carbocycles. The van der Waals surface area contributed by atoms with Gasteiger partial charge in [-0.1, -0.05) is 33.1 Å². The van der Waals surface area contributed by atoms with Crippen molar-refractivity contribution in [2.24, 2.45) is 11.1 Å². The largest absolute Gasteiger partial charge is 0.381 e. The quantitative estimate of drug-likeness (QED) is 0.711. The maximum Gasteiger partial charge on any atom is 0.227 e. The van der Waals surface area contributed by atoms with E-state index in [1.807, 2.05) is 0 Å². The minimum Gasteiger partial charge on any atom is -0.381 e. The average Bonchev–Trinajstić information content (AvgIpc) is 2.45. The van der Waals surface area contributed by atoms with E-state index in [-0.39, 0.29) is 5.91 Å². The average molecular weight is 270 g/mol. The molecule has 1 heterocycles. The SMILES string of the molecule is CCCCC(CCC)NC(=O)C1(CN)CCOCC1. The fraction of sp³-hybridized carbons (Fsp3) is 0.933. The molecular weight excluding hydrogens is 240 g/mol. The minimum absolute atomic E-state index is 0.146. The number of nitrogens with one attached hydrogen (secondary N) is 1. The molecule has 4 nitrogen and oxygen atoms in total. The monoisotopic (exact) mass is 270 g/mol. The van der Waals surface area contributed by atoms with Crippen molar-refractivity contribution in [2.75, 3.05) is 19.8 Å². The number of amides is 1. The number of hydrogen-bond donors (Lipinski definition) is 2. The Morgan fingerprint density at radius 3 is 2.47 bits per heavy atom. The van der Waals surface area contributed by atoms with Crippen LogP contribution in [-0.4, -0.2) is 31.7 Å². The molecule has 1 fully saturated rings. The molecule has 0 spiro atoms. The van der Waals surface area contributed by atoms with E-state index in [2.05, 4.69) is 19.2 Å². The molecule has 1 aliphatic rings. The first-order chi connectivity index (χ1) is 9.18. The van der Waals surface area contributed by atoms with Crippen LogP contribution in [0.3, 0.4) is 0 Å². The summed E-state index contributed by atoms with van der Waals surface area (Å²) in [5.74, 6) is 0.146. The van der Waals surface area contributed by atoms with Gasteiger partial charge in [0, 0.05) is 25.8 Å². The first-order valence-corrected chi connectivity index (χ1v) is 7.77. The van der Waals surface area contributed by atoms with E-state index in [0.29, 0.717) is 25.8 Å². The van der Waals surface area contributed by atoms with Gasteiger partial charge in [0.05, 0.1) is 5.41 Å². The van der Waals surface area contributed by atoms with E-state index in [1.165, 1.54) is 12.8 Å². The second-order valence-corrected chi connectivity index (χ2v) is 5.70. The van der Waals surface area contributed by atoms with Gasteiger partial charge in [-0.15, -0.1) is 0 Å². The Balaban J connectivity index is 2.57. The van der Waals surface area contributed by atoms with Crippen molar-refractivity contribution in [1.29, 1.82) is 0 Å². The van der Waals surface area contributed by atoms with Gasteiger partial charge in [0.1, 0.15) is 0 Å². The molecule has 1 atom stereocenters. The van der Waals surface area contributed by atoms with Crippen LogP contribution in [0, 0.1) is 5.41 Å². The summed E-state index contributed by atoms with van der Waals surface area (Å²) >= 11 is 0. The Morgan fingerprint density at radius 2 is 1.95 bits per heavy atom. The number of rotatable bonds is 8. The second kappa shape index (κ2) is 8.54. The summed E-state index contributed by atoms with van der Waals surface area (Å²) in [5, 5.41) is 3.24. The molecule has 0 aromatic heterocycles. The highest BCUT2D eigenvalue weighted by atomic mass is 16.5. The summed E-state index contributed by atoms with van der Waals surface area (Å²) in [6.45, 7) is 6.08. The maximum absolute atomic E-state index is 12.6. The Morgan fingerprint density at radius 1 is 1.26 bits per heavy atom. The minimum atomic E-state index is -0.392. The van der Waals surface area contributed by atoms with Crippen molar-refractivity contribution >= 4 is 5.91 Å². The Labute approximate surface area is 117 Å². The van der Waals surface area contributed by atoms with E-state index < -0.39 is 5.41 Å². The Kier molecular flexibility index (Phi) is 7.39. The lowest BCUT2D eigenvalue weighted by Crippen LogP contribution is -2.51. The number of nitrogens with two attached hydrogens (primary N) is 1. The van der Waals surface area contributed by atoms with Crippen LogP contribution < -0.4 is 11.1 Å². The van der Waals surface area contributed by atoms with Crippen LogP contribution in [0.4, 0.5) is 0 Å². The number of ether oxygens (including phenoxy) is 1. The predicted octanol–water partition coefficient (Wildman–Crippen LogP) is 2.22. The van der Waals surface area contributed by atoms with Crippen LogP contribution in [0.2, 0.25) is 0 Å². The lowest BCUT2D eigenvalue weighted by molar-refractivity contribution is -0.136. The van der Waals surface area contributed by atoms with E-state index >= 15 is 0 Å². The highest BCUT2D eigenvalue weighted by Crippen LogP contribution is 2.30. The summed E-state index contributed by atoms with van der Waals surface area (Å²) in [6.07, 6.45) is 7.09. The van der Waals surface area contributed by atoms with E-state index in [4.69, 9.17) is 10.5 Å². The van der Waals surface area contributed by atoms with Crippen LogP contribution in [0.25, 0.3) is 0 Å². The molecule has 3 N–H and O–H groups in total. The molecule has 0 radical (unpaired) electrons. The maximum atomic E-state index is 12.6. The van der Waals surface area contributed by atoms with Gasteiger partial charge < -0.3 is 15.8 Å². The summed E-state index contributed by atoms with van der Waals surface area (Å²) in [4.78, 5) is 12.6. The zero-order valence-electron chi connectivity index (χ0n) is 12.5. The lowest BCUT2D eigenvalue weighted by Gasteiger charge is -2.36. The number of carbonyl (C=O) groups excluding carboxylic acids is 1. The molecule has 0 aromatic rings. The van der Waals surface area contributed by atoms with Crippen molar-refractivity contribution < 1.29 is 9.53 Å². The molecule has 1 rings (SSSR count). The fourth-order valence-electron chi connectivity index (χ4n) is 2.71. The molecule has 1 amide bonds. The van der Waals surface area contributed by atoms with Gasteiger partial charge in [-0.2, -0.15) is 0 Å². The molecule has 19 heavy (non-hydrogen) atoms. The third-order valence-electron chi connectivity index (χ3n) is 4.20. The van der Waals surface area contributed by atoms with Crippen LogP contribution in [-0.2, 0) is 9.53 Å². The standard InChI is InChI=1S/C15H30N2O2/c1-3-5-7-13(6-4-2)17-14(18)15(12-16)8-10-19-11-9-15/h13H,3-12,16H2,1-2H3,(H,17,18). The molecule has 112 valence electrons. The van der Waals surface area contributed by atoms with Crippen molar-refractivity contribution in [1.82, 2.24) is 5.32 Å². The molecular formula is C15H30N2O2. The predicted molar refractivity (Wildman–Crippen MR) is 77.9 cm³/mol. The third kappa shape index (κ3) is 4.77. The zero-order chi connectivity index (χ0) is 14.1. The summed E-state index contributed by atoms with van der Waals surface area (Å²) in [5.41, 5.74) is 5.48. The van der Waals surface area contributed by atoms with Crippen LogP contribution in [0.15, 0.2) is 0 Å². The van der Waals surface area contributed by atoms with Gasteiger partial charge in [0.25, 0.3) is 0 Å². The summed E-state index contributed by atoms with van der Waals surface area (Å²) in [7, 11) is 0. The number of carbonyl (C=O) groups is 1. The summed E-state index contributed by atoms with van der Waals surface area (Å²) in [6, 6.07) is 0.309. The highest BCUT2D eigenvalue weighted by molar-refractivity contribution is 5.83. The van der Waals surface area contributed by atoms with Gasteiger partial charge in [0.15, 0.2) is 0 Å². The molecule has 0 aliphatic carbocycles. The lowest BCUT2D eigenvalue weighted by atomic mass is 9.79. The molecule has 1 saturated heterocycles. The Bertz CT molecular complexity index is 263. The zero-order valence-corrected chi connectivity index (χ0v) is 12.5. The van der Waals surface area contributed by atoms with Crippen LogP contribution >= 0.6 is 0 Å². The molecule has 0 aromatic carbocycles. The van der Waals surface area contributed by atoms with Gasteiger partial charge in [-0.05, 0) is 25.7 Å². The summed E-state index contributed by atoms with van der Waals surface area (Å²) < 4.78 is 5.36. The normalized spacial score (nSPS) is 19.9. The molecule has 0 bridgehead atoms. The van der Waals surface area contributed by atoms with Crippen molar-refractivity contribution in [3.05, 3.63) is 0 Å². The molecule has 1 unspecified atom stereocenters. The Hall–Kier alpha value is -0.610. The first-order valence-electron chi connectivity index (χ1n) is 7.77. The molecule has 1 aliphatic heterocycles. The van der Waals surface area contributed by atoms with E-state index in [1.54, 1.807) is 0 Å². The van der Waals surface area contributed by atoms with Gasteiger partial charge >= 0.3 is 0 Å². The fourth-order valence-corrected chi connectivity index (χ4v) is 2.71. The van der Waals surface area contributed by atoms with Gasteiger partial charge in [-0.25, -0.2) is 0 Å². The second-order valence-electron chi connectivity index (χ2n) is 5.70. The van der Waals surface area contributed by atoms with Crippen LogP contribution in [0.1, 0.15) is 58.8 Å². The first kappa shape index (κ1) is 16.4. The highest BCUT2D eigenvalue weighted by Gasteiger charge is 2.39. The van der Waals surface area contributed by atoms with Crippen LogP contribution in [0.5, 0.6) is 0 Å². The molecule has 4 heteroatoms. The van der Waals surface area contributed by atoms with Crippen molar-refractivity contribution in [3.8, 4) is 0 Å². The topological polar surface area (TPSA) is 64.4 Å². The smallest absolute Gasteiger partial charge is 0.227 e. The third-order valence-corrected chi connectivity index (χ3v) is 4.20. The van der Waals surface area contributed by atoms with Gasteiger partial charge in [-0.3, -0.25) is 4.79 Å². The van der Waals surface area contributed by atoms with Crippen molar-refractivity contribution in [2.45, 2.75) is 64.8 Å². The van der Waals surface area contributed by atoms with E-state index in [9.17, 15) is 4.79 Å².